The van der Waals surface area contributed by atoms with Crippen LogP contribution in [0.1, 0.15) is 26.3 Å². The molecule has 1 aromatic rings. The van der Waals surface area contributed by atoms with Crippen LogP contribution in [0.5, 0.6) is 0 Å². The largest absolute Gasteiger partial charge is 0.445 e. The van der Waals surface area contributed by atoms with E-state index in [-0.39, 0.29) is 30.6 Å². The summed E-state index contributed by atoms with van der Waals surface area (Å²) in [6.07, 6.45) is -0.341. The van der Waals surface area contributed by atoms with E-state index in [1.54, 1.807) is 9.80 Å². The number of benzene rings is 1. The van der Waals surface area contributed by atoms with Crippen LogP contribution in [0.25, 0.3) is 0 Å². The van der Waals surface area contributed by atoms with Gasteiger partial charge in [0, 0.05) is 25.7 Å². The molecule has 1 aliphatic rings. The summed E-state index contributed by atoms with van der Waals surface area (Å²) in [6, 6.07) is 8.99. The molecule has 2 rings (SSSR count). The Balaban J connectivity index is 1.86. The third kappa shape index (κ3) is 4.47. The molecule has 24 heavy (non-hydrogen) atoms. The number of nitrogens with two attached hydrogens (primary N) is 1. The van der Waals surface area contributed by atoms with E-state index >= 15 is 0 Å². The number of ether oxygens (including phenoxy) is 1. The molecule has 1 fully saturated rings. The van der Waals surface area contributed by atoms with Gasteiger partial charge in [0.15, 0.2) is 0 Å². The first-order valence-corrected chi connectivity index (χ1v) is 8.42. The monoisotopic (exact) mass is 333 g/mol. The number of piperazine rings is 1. The van der Waals surface area contributed by atoms with Gasteiger partial charge in [0.2, 0.25) is 5.91 Å². The lowest BCUT2D eigenvalue weighted by atomic mass is 10.0. The molecule has 0 radical (unpaired) electrons. The van der Waals surface area contributed by atoms with Crippen molar-refractivity contribution in [3.05, 3.63) is 35.9 Å². The van der Waals surface area contributed by atoms with Crippen LogP contribution in [0.2, 0.25) is 0 Å². The Morgan fingerprint density at radius 2 is 1.92 bits per heavy atom. The van der Waals surface area contributed by atoms with Gasteiger partial charge in [0.1, 0.15) is 6.61 Å². The molecule has 6 nitrogen and oxygen atoms in total. The number of carbonyl (C=O) groups is 2. The number of hydrogen-bond donors (Lipinski definition) is 1. The average Bonchev–Trinajstić information content (AvgIpc) is 2.59. The molecule has 0 aromatic heterocycles. The van der Waals surface area contributed by atoms with Crippen molar-refractivity contribution in [3.63, 3.8) is 0 Å². The zero-order chi connectivity index (χ0) is 17.7. The fourth-order valence-electron chi connectivity index (χ4n) is 2.73. The average molecular weight is 333 g/mol. The van der Waals surface area contributed by atoms with Crippen LogP contribution < -0.4 is 5.73 Å². The van der Waals surface area contributed by atoms with Gasteiger partial charge < -0.3 is 20.3 Å². The van der Waals surface area contributed by atoms with Gasteiger partial charge in [-0.3, -0.25) is 4.79 Å². The lowest BCUT2D eigenvalue weighted by Gasteiger charge is -2.40. The fraction of sp³-hybridized carbons (Fsp3) is 0.556. The highest BCUT2D eigenvalue weighted by molar-refractivity contribution is 5.82. The summed E-state index contributed by atoms with van der Waals surface area (Å²) in [6.45, 7) is 7.48. The van der Waals surface area contributed by atoms with E-state index < -0.39 is 6.04 Å². The van der Waals surface area contributed by atoms with Crippen LogP contribution >= 0.6 is 0 Å². The normalized spacial score (nSPS) is 19.3. The van der Waals surface area contributed by atoms with Crippen molar-refractivity contribution in [2.75, 3.05) is 19.6 Å². The second-order valence-electron chi connectivity index (χ2n) is 6.64. The summed E-state index contributed by atoms with van der Waals surface area (Å²) >= 11 is 0. The minimum absolute atomic E-state index is 0.0471. The molecule has 1 aliphatic heterocycles. The van der Waals surface area contributed by atoms with Crippen LogP contribution in [0.3, 0.4) is 0 Å². The molecule has 132 valence electrons. The van der Waals surface area contributed by atoms with E-state index in [9.17, 15) is 9.59 Å². The van der Waals surface area contributed by atoms with Crippen LogP contribution in [0, 0.1) is 5.92 Å². The first-order chi connectivity index (χ1) is 11.4. The highest BCUT2D eigenvalue weighted by atomic mass is 16.6. The molecule has 0 bridgehead atoms. The third-order valence-corrected chi connectivity index (χ3v) is 4.38. The van der Waals surface area contributed by atoms with Crippen molar-refractivity contribution in [2.45, 2.75) is 39.5 Å². The van der Waals surface area contributed by atoms with E-state index in [1.165, 1.54) is 0 Å². The van der Waals surface area contributed by atoms with E-state index in [1.807, 2.05) is 51.1 Å². The van der Waals surface area contributed by atoms with Gasteiger partial charge in [-0.15, -0.1) is 0 Å². The predicted octanol–water partition coefficient (Wildman–Crippen LogP) is 1.84. The molecule has 1 unspecified atom stereocenters. The van der Waals surface area contributed by atoms with E-state index in [0.717, 1.165) is 5.56 Å². The maximum absolute atomic E-state index is 12.3. The minimum atomic E-state index is -0.492. The highest BCUT2D eigenvalue weighted by Gasteiger charge is 2.33. The zero-order valence-electron chi connectivity index (χ0n) is 14.6. The van der Waals surface area contributed by atoms with Gasteiger partial charge in [-0.1, -0.05) is 44.2 Å². The van der Waals surface area contributed by atoms with Crippen LogP contribution in [0.15, 0.2) is 30.3 Å². The summed E-state index contributed by atoms with van der Waals surface area (Å²) in [5.74, 6) is 0.0517. The summed E-state index contributed by atoms with van der Waals surface area (Å²) in [4.78, 5) is 28.0. The molecule has 1 saturated heterocycles. The van der Waals surface area contributed by atoms with Crippen LogP contribution in [-0.4, -0.2) is 53.5 Å². The first kappa shape index (κ1) is 18.3. The van der Waals surface area contributed by atoms with Crippen LogP contribution in [-0.2, 0) is 16.1 Å². The summed E-state index contributed by atoms with van der Waals surface area (Å²) in [5, 5.41) is 0. The molecular formula is C18H27N3O3. The van der Waals surface area contributed by atoms with Gasteiger partial charge in [-0.05, 0) is 18.4 Å². The fourth-order valence-corrected chi connectivity index (χ4v) is 2.73. The van der Waals surface area contributed by atoms with E-state index in [2.05, 4.69) is 0 Å². The SMILES string of the molecule is CC(C)[C@H](N)C(=O)N1CCN(C(=O)OCc2ccccc2)C(C)C1. The van der Waals surface area contributed by atoms with Crippen molar-refractivity contribution in [1.29, 1.82) is 0 Å². The van der Waals surface area contributed by atoms with Gasteiger partial charge in [0.05, 0.1) is 6.04 Å². The van der Waals surface area contributed by atoms with Crippen molar-refractivity contribution in [1.82, 2.24) is 9.80 Å². The number of hydrogen-bond acceptors (Lipinski definition) is 4. The molecule has 2 amide bonds. The summed E-state index contributed by atoms with van der Waals surface area (Å²) < 4.78 is 5.38. The van der Waals surface area contributed by atoms with Gasteiger partial charge in [-0.2, -0.15) is 0 Å². The maximum atomic E-state index is 12.3. The first-order valence-electron chi connectivity index (χ1n) is 8.42. The van der Waals surface area contributed by atoms with E-state index in [4.69, 9.17) is 10.5 Å². The lowest BCUT2D eigenvalue weighted by molar-refractivity contribution is -0.136. The maximum Gasteiger partial charge on any atom is 0.410 e. The number of rotatable bonds is 4. The third-order valence-electron chi connectivity index (χ3n) is 4.38. The summed E-state index contributed by atoms with van der Waals surface area (Å²) in [7, 11) is 0. The smallest absolute Gasteiger partial charge is 0.410 e. The quantitative estimate of drug-likeness (QED) is 0.912. The minimum Gasteiger partial charge on any atom is -0.445 e. The number of nitrogens with zero attached hydrogens (tertiary/aromatic N) is 2. The van der Waals surface area contributed by atoms with Gasteiger partial charge >= 0.3 is 6.09 Å². The Labute approximate surface area is 143 Å². The molecule has 0 spiro atoms. The lowest BCUT2D eigenvalue weighted by Crippen LogP contribution is -2.58. The molecule has 0 aliphatic carbocycles. The van der Waals surface area contributed by atoms with Crippen molar-refractivity contribution in [3.8, 4) is 0 Å². The summed E-state index contributed by atoms with van der Waals surface area (Å²) in [5.41, 5.74) is 6.90. The predicted molar refractivity (Wildman–Crippen MR) is 92.2 cm³/mol. The standard InChI is InChI=1S/C18H27N3O3/c1-13(2)16(19)17(22)20-9-10-21(14(3)11-20)18(23)24-12-15-7-5-4-6-8-15/h4-8,13-14,16H,9-12,19H2,1-3H3/t14?,16-/m0/s1. The molecule has 6 heteroatoms. The zero-order valence-corrected chi connectivity index (χ0v) is 14.6. The van der Waals surface area contributed by atoms with Crippen molar-refractivity contribution >= 4 is 12.0 Å². The molecular weight excluding hydrogens is 306 g/mol. The molecule has 0 saturated carbocycles. The van der Waals surface area contributed by atoms with Gasteiger partial charge in [0.25, 0.3) is 0 Å². The number of amides is 2. The Hall–Kier alpha value is -2.08. The second kappa shape index (κ2) is 8.15. The Bertz CT molecular complexity index is 562. The molecule has 1 aromatic carbocycles. The van der Waals surface area contributed by atoms with Crippen molar-refractivity contribution < 1.29 is 14.3 Å². The molecule has 2 N–H and O–H groups in total. The van der Waals surface area contributed by atoms with Crippen molar-refractivity contribution in [2.24, 2.45) is 11.7 Å². The molecule has 2 atom stereocenters. The topological polar surface area (TPSA) is 75.9 Å². The number of carbonyl (C=O) groups excluding carboxylic acids is 2. The highest BCUT2D eigenvalue weighted by Crippen LogP contribution is 2.14. The Morgan fingerprint density at radius 1 is 1.25 bits per heavy atom. The Morgan fingerprint density at radius 3 is 2.50 bits per heavy atom. The molecule has 1 heterocycles. The van der Waals surface area contributed by atoms with Gasteiger partial charge in [-0.25, -0.2) is 4.79 Å². The second-order valence-corrected chi connectivity index (χ2v) is 6.64. The van der Waals surface area contributed by atoms with Crippen LogP contribution in [0.4, 0.5) is 4.79 Å². The Kier molecular flexibility index (Phi) is 6.20. The van der Waals surface area contributed by atoms with E-state index in [0.29, 0.717) is 19.6 Å².